The van der Waals surface area contributed by atoms with Gasteiger partial charge in [0.15, 0.2) is 0 Å². The lowest BCUT2D eigenvalue weighted by molar-refractivity contribution is -0.139. The first-order valence-electron chi connectivity index (χ1n) is 10.7. The second kappa shape index (κ2) is 11.1. The minimum absolute atomic E-state index is 0.199. The van der Waals surface area contributed by atoms with Crippen molar-refractivity contribution in [3.63, 3.8) is 0 Å². The van der Waals surface area contributed by atoms with Crippen LogP contribution in [0.1, 0.15) is 37.0 Å². The first kappa shape index (κ1) is 25.4. The van der Waals surface area contributed by atoms with E-state index >= 15 is 0 Å². The fourth-order valence-corrected chi connectivity index (χ4v) is 4.24. The van der Waals surface area contributed by atoms with Crippen LogP contribution in [0.5, 0.6) is 0 Å². The van der Waals surface area contributed by atoms with Gasteiger partial charge in [0, 0.05) is 13.1 Å². The van der Waals surface area contributed by atoms with Gasteiger partial charge in [0.25, 0.3) is 0 Å². The predicted molar refractivity (Wildman–Crippen MR) is 128 cm³/mol. The fourth-order valence-electron chi connectivity index (χ4n) is 3.34. The Kier molecular flexibility index (Phi) is 8.83. The molecule has 0 radical (unpaired) electrons. The van der Waals surface area contributed by atoms with E-state index in [1.165, 1.54) is 4.90 Å². The molecular formula is C24H33N3O4S. The molecule has 0 aromatic heterocycles. The van der Waals surface area contributed by atoms with E-state index in [9.17, 15) is 18.0 Å². The molecule has 32 heavy (non-hydrogen) atoms. The second-order valence-electron chi connectivity index (χ2n) is 8.03. The SMILES string of the molecule is CCCNC(=O)[C@@H](C)N(Cc1ccccc1)C(=O)CN(c1cc(C)ccc1C)S(C)(=O)=O. The van der Waals surface area contributed by atoms with Crippen LogP contribution in [0, 0.1) is 13.8 Å². The molecule has 0 fully saturated rings. The molecule has 0 bridgehead atoms. The van der Waals surface area contributed by atoms with Crippen LogP contribution in [0.15, 0.2) is 48.5 Å². The average Bonchev–Trinajstić information content (AvgIpc) is 2.75. The summed E-state index contributed by atoms with van der Waals surface area (Å²) in [6.45, 7) is 7.61. The minimum atomic E-state index is -3.73. The zero-order valence-electron chi connectivity index (χ0n) is 19.5. The van der Waals surface area contributed by atoms with Crippen LogP contribution in [0.4, 0.5) is 5.69 Å². The third kappa shape index (κ3) is 6.82. The maximum Gasteiger partial charge on any atom is 0.244 e. The molecule has 0 unspecified atom stereocenters. The van der Waals surface area contributed by atoms with E-state index in [2.05, 4.69) is 5.32 Å². The van der Waals surface area contributed by atoms with Gasteiger partial charge in [-0.25, -0.2) is 8.42 Å². The molecule has 8 heteroatoms. The number of anilines is 1. The van der Waals surface area contributed by atoms with Crippen LogP contribution < -0.4 is 9.62 Å². The van der Waals surface area contributed by atoms with Gasteiger partial charge in [-0.2, -0.15) is 0 Å². The number of hydrogen-bond donors (Lipinski definition) is 1. The smallest absolute Gasteiger partial charge is 0.244 e. The minimum Gasteiger partial charge on any atom is -0.354 e. The Labute approximate surface area is 191 Å². The van der Waals surface area contributed by atoms with Gasteiger partial charge in [-0.15, -0.1) is 0 Å². The summed E-state index contributed by atoms with van der Waals surface area (Å²) >= 11 is 0. The maximum atomic E-state index is 13.4. The van der Waals surface area contributed by atoms with E-state index in [4.69, 9.17) is 0 Å². The molecule has 7 nitrogen and oxygen atoms in total. The summed E-state index contributed by atoms with van der Waals surface area (Å²) in [6, 6.07) is 14.1. The highest BCUT2D eigenvalue weighted by molar-refractivity contribution is 7.92. The summed E-state index contributed by atoms with van der Waals surface area (Å²) in [5.41, 5.74) is 2.95. The number of rotatable bonds is 10. The first-order valence-corrected chi connectivity index (χ1v) is 12.6. The van der Waals surface area contributed by atoms with Gasteiger partial charge in [0.1, 0.15) is 12.6 Å². The van der Waals surface area contributed by atoms with Crippen molar-refractivity contribution in [2.75, 3.05) is 23.7 Å². The van der Waals surface area contributed by atoms with E-state index in [0.29, 0.717) is 12.2 Å². The number of amides is 2. The molecule has 2 aromatic carbocycles. The lowest BCUT2D eigenvalue weighted by Gasteiger charge is -2.32. The Balaban J connectivity index is 2.39. The zero-order valence-corrected chi connectivity index (χ0v) is 20.3. The van der Waals surface area contributed by atoms with Crippen LogP contribution in [0.25, 0.3) is 0 Å². The van der Waals surface area contributed by atoms with Gasteiger partial charge in [-0.05, 0) is 49.9 Å². The Morgan fingerprint density at radius 1 is 1.06 bits per heavy atom. The van der Waals surface area contributed by atoms with Crippen LogP contribution in [0.3, 0.4) is 0 Å². The maximum absolute atomic E-state index is 13.4. The Morgan fingerprint density at radius 2 is 1.72 bits per heavy atom. The molecule has 0 saturated carbocycles. The number of nitrogens with zero attached hydrogens (tertiary/aromatic N) is 2. The summed E-state index contributed by atoms with van der Waals surface area (Å²) in [4.78, 5) is 27.5. The third-order valence-electron chi connectivity index (χ3n) is 5.22. The Morgan fingerprint density at radius 3 is 2.31 bits per heavy atom. The number of carbonyl (C=O) groups is 2. The van der Waals surface area contributed by atoms with E-state index in [0.717, 1.165) is 33.7 Å². The molecule has 0 aliphatic rings. The van der Waals surface area contributed by atoms with Crippen LogP contribution in [-0.4, -0.2) is 50.5 Å². The van der Waals surface area contributed by atoms with Crippen LogP contribution in [0.2, 0.25) is 0 Å². The van der Waals surface area contributed by atoms with Gasteiger partial charge in [-0.3, -0.25) is 13.9 Å². The van der Waals surface area contributed by atoms with E-state index in [-0.39, 0.29) is 19.0 Å². The molecule has 2 aromatic rings. The summed E-state index contributed by atoms with van der Waals surface area (Å²) in [5.74, 6) is -0.715. The Hall–Kier alpha value is -2.87. The van der Waals surface area contributed by atoms with Crippen LogP contribution >= 0.6 is 0 Å². The second-order valence-corrected chi connectivity index (χ2v) is 9.94. The monoisotopic (exact) mass is 459 g/mol. The quantitative estimate of drug-likeness (QED) is 0.592. The van der Waals surface area contributed by atoms with Crippen molar-refractivity contribution in [2.45, 2.75) is 46.7 Å². The fraction of sp³-hybridized carbons (Fsp3) is 0.417. The number of sulfonamides is 1. The average molecular weight is 460 g/mol. The molecular weight excluding hydrogens is 426 g/mol. The zero-order chi connectivity index (χ0) is 23.9. The highest BCUT2D eigenvalue weighted by atomic mass is 32.2. The summed E-state index contributed by atoms with van der Waals surface area (Å²) in [5, 5.41) is 2.82. The van der Waals surface area contributed by atoms with Crippen molar-refractivity contribution < 1.29 is 18.0 Å². The number of benzene rings is 2. The van der Waals surface area contributed by atoms with Gasteiger partial charge in [0.05, 0.1) is 11.9 Å². The molecule has 2 rings (SSSR count). The summed E-state index contributed by atoms with van der Waals surface area (Å²) in [7, 11) is -3.73. The first-order chi connectivity index (χ1) is 15.0. The third-order valence-corrected chi connectivity index (χ3v) is 6.35. The van der Waals surface area contributed by atoms with Crippen molar-refractivity contribution in [3.05, 3.63) is 65.2 Å². The molecule has 0 aliphatic heterocycles. The molecule has 0 spiro atoms. The number of aryl methyl sites for hydroxylation is 2. The van der Waals surface area contributed by atoms with Crippen molar-refractivity contribution in [1.29, 1.82) is 0 Å². The van der Waals surface area contributed by atoms with Gasteiger partial charge in [0.2, 0.25) is 21.8 Å². The lowest BCUT2D eigenvalue weighted by Crippen LogP contribution is -2.51. The van der Waals surface area contributed by atoms with E-state index in [1.807, 2.05) is 56.3 Å². The normalized spacial score (nSPS) is 12.2. The van der Waals surface area contributed by atoms with E-state index in [1.54, 1.807) is 19.9 Å². The number of nitrogens with one attached hydrogen (secondary N) is 1. The van der Waals surface area contributed by atoms with Crippen molar-refractivity contribution in [3.8, 4) is 0 Å². The largest absolute Gasteiger partial charge is 0.354 e. The highest BCUT2D eigenvalue weighted by Crippen LogP contribution is 2.24. The van der Waals surface area contributed by atoms with Crippen LogP contribution in [-0.2, 0) is 26.2 Å². The van der Waals surface area contributed by atoms with Gasteiger partial charge < -0.3 is 10.2 Å². The number of hydrogen-bond acceptors (Lipinski definition) is 4. The molecule has 174 valence electrons. The Bertz CT molecular complexity index is 1040. The predicted octanol–water partition coefficient (Wildman–Crippen LogP) is 3.01. The van der Waals surface area contributed by atoms with Crippen molar-refractivity contribution in [1.82, 2.24) is 10.2 Å². The topological polar surface area (TPSA) is 86.8 Å². The van der Waals surface area contributed by atoms with Gasteiger partial charge >= 0.3 is 0 Å². The summed E-state index contributed by atoms with van der Waals surface area (Å²) in [6.07, 6.45) is 1.86. The molecule has 0 saturated heterocycles. The number of carbonyl (C=O) groups excluding carboxylic acids is 2. The summed E-state index contributed by atoms with van der Waals surface area (Å²) < 4.78 is 26.4. The lowest BCUT2D eigenvalue weighted by atomic mass is 10.1. The molecule has 1 atom stereocenters. The van der Waals surface area contributed by atoms with Gasteiger partial charge in [-0.1, -0.05) is 49.4 Å². The molecule has 1 N–H and O–H groups in total. The molecule has 0 heterocycles. The standard InChI is InChI=1S/C24H33N3O4S/c1-6-14-25-24(29)20(4)26(16-21-10-8-7-9-11-21)23(28)17-27(32(5,30)31)22-15-18(2)12-13-19(22)3/h7-13,15,20H,6,14,16-17H2,1-5H3,(H,25,29)/t20-/m1/s1. The molecule has 2 amide bonds. The highest BCUT2D eigenvalue weighted by Gasteiger charge is 2.30. The van der Waals surface area contributed by atoms with Crippen molar-refractivity contribution in [2.24, 2.45) is 0 Å². The molecule has 0 aliphatic carbocycles. The van der Waals surface area contributed by atoms with Crippen molar-refractivity contribution >= 4 is 27.5 Å². The van der Waals surface area contributed by atoms with E-state index < -0.39 is 22.0 Å².